The summed E-state index contributed by atoms with van der Waals surface area (Å²) < 4.78 is 22.5. The molecule has 10 heteroatoms. The number of esters is 1. The van der Waals surface area contributed by atoms with E-state index in [1.54, 1.807) is 14.1 Å². The van der Waals surface area contributed by atoms with Gasteiger partial charge in [-0.3, -0.25) is 4.79 Å². The summed E-state index contributed by atoms with van der Waals surface area (Å²) in [6.07, 6.45) is 22.8. The van der Waals surface area contributed by atoms with E-state index in [-0.39, 0.29) is 30.5 Å². The highest BCUT2D eigenvalue weighted by molar-refractivity contribution is 7.51. The standard InChI is InChI=1S/C31H60NO8P/c1-5-6-7-8-9-10-11-12-13-14-15-16-17-18-19-20-21-22-23-31(36)39-26-29(33)27-40-41(37,38)28(2)32(3,4)25-24-30(34)35/h8-9,14-15,28-30,33-35H,5-7,10-13,16-27H2,1-4H3/b9-8-,15-14-/t28?,29-/m1/s1. The Balaban J connectivity index is 3.78. The molecule has 0 fully saturated rings. The lowest BCUT2D eigenvalue weighted by Gasteiger charge is -2.42. The quantitative estimate of drug-likeness (QED) is 0.0276. The van der Waals surface area contributed by atoms with Crippen molar-refractivity contribution in [1.29, 1.82) is 0 Å². The maximum Gasteiger partial charge on any atom is 0.305 e. The molecule has 0 aromatic rings. The number of hydrogen-bond donors (Lipinski definition) is 3. The van der Waals surface area contributed by atoms with Gasteiger partial charge in [-0.25, -0.2) is 0 Å². The first-order valence-electron chi connectivity index (χ1n) is 15.7. The molecule has 2 unspecified atom stereocenters. The molecule has 0 aromatic heterocycles. The van der Waals surface area contributed by atoms with Gasteiger partial charge < -0.3 is 38.5 Å². The number of aliphatic hydroxyl groups is 3. The fourth-order valence-electron chi connectivity index (χ4n) is 4.18. The third-order valence-electron chi connectivity index (χ3n) is 7.37. The number of rotatable bonds is 27. The Morgan fingerprint density at radius 2 is 1.32 bits per heavy atom. The third-order valence-corrected chi connectivity index (χ3v) is 9.42. The Bertz CT molecular complexity index is 756. The van der Waals surface area contributed by atoms with Gasteiger partial charge in [0, 0.05) is 12.8 Å². The fourth-order valence-corrected chi connectivity index (χ4v) is 5.66. The number of unbranched alkanes of at least 4 members (excludes halogenated alkanes) is 11. The summed E-state index contributed by atoms with van der Waals surface area (Å²) in [5, 5.41) is 28.1. The minimum Gasteiger partial charge on any atom is -0.774 e. The second-order valence-electron chi connectivity index (χ2n) is 11.6. The maximum atomic E-state index is 12.5. The van der Waals surface area contributed by atoms with E-state index in [1.807, 2.05) is 0 Å². The van der Waals surface area contributed by atoms with Crippen molar-refractivity contribution in [1.82, 2.24) is 0 Å². The van der Waals surface area contributed by atoms with Gasteiger partial charge in [-0.1, -0.05) is 69.8 Å². The van der Waals surface area contributed by atoms with Gasteiger partial charge in [0.1, 0.15) is 18.5 Å². The van der Waals surface area contributed by atoms with Gasteiger partial charge in [0.15, 0.2) is 13.9 Å². The molecule has 0 aromatic carbocycles. The second-order valence-corrected chi connectivity index (χ2v) is 13.7. The first kappa shape index (κ1) is 39.9. The molecular weight excluding hydrogens is 545 g/mol. The summed E-state index contributed by atoms with van der Waals surface area (Å²) in [5.74, 6) is -1.38. The molecule has 0 rings (SSSR count). The molecule has 0 aliphatic rings. The van der Waals surface area contributed by atoms with Crippen LogP contribution in [-0.2, 0) is 18.6 Å². The molecule has 0 aliphatic heterocycles. The van der Waals surface area contributed by atoms with Gasteiger partial charge in [0.25, 0.3) is 0 Å². The molecule has 3 atom stereocenters. The predicted octanol–water partition coefficient (Wildman–Crippen LogP) is 5.57. The lowest BCUT2D eigenvalue weighted by atomic mass is 10.1. The minimum atomic E-state index is -4.36. The molecule has 0 amide bonds. The summed E-state index contributed by atoms with van der Waals surface area (Å²) in [6.45, 7) is 3.07. The summed E-state index contributed by atoms with van der Waals surface area (Å²) in [6, 6.07) is 0. The number of nitrogens with zero attached hydrogens (tertiary/aromatic N) is 1. The van der Waals surface area contributed by atoms with Gasteiger partial charge in [0.05, 0.1) is 27.2 Å². The minimum absolute atomic E-state index is 0.0194. The van der Waals surface area contributed by atoms with Gasteiger partial charge in [-0.15, -0.1) is 0 Å². The monoisotopic (exact) mass is 605 g/mol. The largest absolute Gasteiger partial charge is 0.774 e. The first-order chi connectivity index (χ1) is 19.4. The van der Waals surface area contributed by atoms with Crippen molar-refractivity contribution >= 4 is 13.6 Å². The van der Waals surface area contributed by atoms with E-state index in [9.17, 15) is 19.4 Å². The number of carbonyl (C=O) groups excluding carboxylic acids is 1. The van der Waals surface area contributed by atoms with Crippen LogP contribution in [0.3, 0.4) is 0 Å². The van der Waals surface area contributed by atoms with Gasteiger partial charge >= 0.3 is 5.97 Å². The van der Waals surface area contributed by atoms with E-state index in [2.05, 4.69) is 31.2 Å². The zero-order valence-corrected chi connectivity index (χ0v) is 27.1. The average molecular weight is 606 g/mol. The van der Waals surface area contributed by atoms with Gasteiger partial charge in [-0.05, 0) is 58.3 Å². The average Bonchev–Trinajstić information content (AvgIpc) is 2.92. The summed E-state index contributed by atoms with van der Waals surface area (Å²) >= 11 is 0. The number of allylic oxidation sites excluding steroid dienone is 4. The van der Waals surface area contributed by atoms with Crippen molar-refractivity contribution in [3.05, 3.63) is 24.3 Å². The van der Waals surface area contributed by atoms with Crippen LogP contribution in [0.2, 0.25) is 0 Å². The van der Waals surface area contributed by atoms with Crippen molar-refractivity contribution in [2.75, 3.05) is 33.9 Å². The van der Waals surface area contributed by atoms with Crippen LogP contribution in [0.5, 0.6) is 0 Å². The van der Waals surface area contributed by atoms with Crippen LogP contribution < -0.4 is 4.89 Å². The highest BCUT2D eigenvalue weighted by Gasteiger charge is 2.34. The number of aliphatic hydroxyl groups excluding tert-OH is 2. The zero-order chi connectivity index (χ0) is 31.0. The van der Waals surface area contributed by atoms with E-state index in [4.69, 9.17) is 19.5 Å². The van der Waals surface area contributed by atoms with Crippen LogP contribution in [0, 0.1) is 0 Å². The van der Waals surface area contributed by atoms with E-state index in [0.29, 0.717) is 0 Å². The molecule has 0 radical (unpaired) electrons. The highest BCUT2D eigenvalue weighted by Crippen LogP contribution is 2.46. The Morgan fingerprint density at radius 1 is 0.829 bits per heavy atom. The number of hydrogen-bond acceptors (Lipinski definition) is 8. The molecule has 0 aliphatic carbocycles. The van der Waals surface area contributed by atoms with Crippen LogP contribution in [-0.4, -0.2) is 77.8 Å². The van der Waals surface area contributed by atoms with Crippen LogP contribution >= 0.6 is 7.60 Å². The smallest absolute Gasteiger partial charge is 0.305 e. The summed E-state index contributed by atoms with van der Waals surface area (Å²) in [7, 11) is -1.07. The molecule has 0 spiro atoms. The lowest BCUT2D eigenvalue weighted by Crippen LogP contribution is -2.50. The molecule has 0 saturated heterocycles. The van der Waals surface area contributed by atoms with Crippen molar-refractivity contribution in [2.24, 2.45) is 0 Å². The molecule has 242 valence electrons. The van der Waals surface area contributed by atoms with Gasteiger partial charge in [-0.2, -0.15) is 0 Å². The molecular formula is C31H60NO8P. The Labute approximate surface area is 249 Å². The van der Waals surface area contributed by atoms with Crippen molar-refractivity contribution in [3.63, 3.8) is 0 Å². The maximum absolute atomic E-state index is 12.5. The van der Waals surface area contributed by atoms with Crippen molar-refractivity contribution in [3.8, 4) is 0 Å². The second kappa shape index (κ2) is 24.4. The van der Waals surface area contributed by atoms with Crippen LogP contribution in [0.4, 0.5) is 0 Å². The van der Waals surface area contributed by atoms with E-state index >= 15 is 0 Å². The summed E-state index contributed by atoms with van der Waals surface area (Å²) in [5.41, 5.74) is 0. The number of ether oxygens (including phenoxy) is 1. The molecule has 0 heterocycles. The topological polar surface area (TPSA) is 136 Å². The molecule has 3 N–H and O–H groups in total. The highest BCUT2D eigenvalue weighted by atomic mass is 31.2. The zero-order valence-electron chi connectivity index (χ0n) is 26.3. The van der Waals surface area contributed by atoms with Crippen LogP contribution in [0.15, 0.2) is 24.3 Å². The SMILES string of the molecule is CCCC/C=C\CCCC/C=C\CCCCCCCCC(=O)OC[C@@H](O)COP(=O)([O-])C(C)[N+](C)(C)CCC(O)O. The normalized spacial score (nSPS) is 15.5. The van der Waals surface area contributed by atoms with Crippen LogP contribution in [0.1, 0.15) is 117 Å². The molecule has 0 saturated carbocycles. The summed E-state index contributed by atoms with van der Waals surface area (Å²) in [4.78, 5) is 24.4. The lowest BCUT2D eigenvalue weighted by molar-refractivity contribution is -0.902. The van der Waals surface area contributed by atoms with E-state index < -0.39 is 38.3 Å². The van der Waals surface area contributed by atoms with Crippen LogP contribution in [0.25, 0.3) is 0 Å². The fraction of sp³-hybridized carbons (Fsp3) is 0.839. The molecule has 0 bridgehead atoms. The van der Waals surface area contributed by atoms with Crippen molar-refractivity contribution in [2.45, 2.75) is 135 Å². The Kier molecular flexibility index (Phi) is 23.8. The Morgan fingerprint density at radius 3 is 1.85 bits per heavy atom. The van der Waals surface area contributed by atoms with E-state index in [1.165, 1.54) is 58.3 Å². The Hall–Kier alpha value is -1.06. The molecule has 41 heavy (non-hydrogen) atoms. The number of quaternary nitrogens is 1. The van der Waals surface area contributed by atoms with E-state index in [0.717, 1.165) is 38.5 Å². The van der Waals surface area contributed by atoms with Gasteiger partial charge in [0.2, 0.25) is 0 Å². The number of carbonyl (C=O) groups is 1. The first-order valence-corrected chi connectivity index (χ1v) is 17.3. The molecule has 9 nitrogen and oxygen atoms in total. The van der Waals surface area contributed by atoms with Crippen molar-refractivity contribution < 1.29 is 43.3 Å². The predicted molar refractivity (Wildman–Crippen MR) is 163 cm³/mol. The third kappa shape index (κ3) is 23.1.